The third-order valence-corrected chi connectivity index (χ3v) is 5.63. The van der Waals surface area contributed by atoms with Gasteiger partial charge in [0.25, 0.3) is 0 Å². The number of aromatic amines is 1. The molecule has 2 aromatic carbocycles. The molecule has 0 bridgehead atoms. The molecule has 0 aliphatic carbocycles. The molecule has 7 heteroatoms. The molecule has 4 aromatic rings. The van der Waals surface area contributed by atoms with Crippen LogP contribution in [0.4, 0.5) is 10.1 Å². The molecule has 1 aliphatic rings. The van der Waals surface area contributed by atoms with Crippen LogP contribution < -0.4 is 10.2 Å². The lowest BCUT2D eigenvalue weighted by atomic mass is 10.0. The average molecular weight is 402 g/mol. The van der Waals surface area contributed by atoms with Crippen molar-refractivity contribution < 1.29 is 4.39 Å². The van der Waals surface area contributed by atoms with Gasteiger partial charge in [-0.15, -0.1) is 0 Å². The summed E-state index contributed by atoms with van der Waals surface area (Å²) in [7, 11) is 0. The largest absolute Gasteiger partial charge is 0.369 e. The molecule has 0 radical (unpaired) electrons. The number of anilines is 1. The first-order chi connectivity index (χ1) is 14.7. The minimum atomic E-state index is -0.306. The van der Waals surface area contributed by atoms with Crippen molar-refractivity contribution in [1.82, 2.24) is 25.5 Å². The quantitative estimate of drug-likeness (QED) is 0.543. The van der Waals surface area contributed by atoms with Crippen LogP contribution in [-0.2, 0) is 6.42 Å². The van der Waals surface area contributed by atoms with E-state index in [9.17, 15) is 4.39 Å². The number of halogens is 1. The number of rotatable bonds is 4. The number of H-pyrrole nitrogens is 1. The van der Waals surface area contributed by atoms with Gasteiger partial charge in [-0.05, 0) is 30.2 Å². The third-order valence-electron chi connectivity index (χ3n) is 5.63. The van der Waals surface area contributed by atoms with Crippen LogP contribution in [0.3, 0.4) is 0 Å². The predicted octanol–water partition coefficient (Wildman–Crippen LogP) is 3.80. The number of nitrogens with zero attached hydrogens (tertiary/aromatic N) is 4. The van der Waals surface area contributed by atoms with Gasteiger partial charge in [-0.3, -0.25) is 5.10 Å². The second-order valence-corrected chi connectivity index (χ2v) is 7.44. The van der Waals surface area contributed by atoms with Crippen LogP contribution >= 0.6 is 0 Å². The van der Waals surface area contributed by atoms with Crippen LogP contribution in [0.1, 0.15) is 12.5 Å². The molecule has 2 aromatic heterocycles. The van der Waals surface area contributed by atoms with Gasteiger partial charge in [-0.1, -0.05) is 31.2 Å². The Morgan fingerprint density at radius 1 is 1.07 bits per heavy atom. The van der Waals surface area contributed by atoms with Crippen LogP contribution in [0.15, 0.2) is 48.7 Å². The van der Waals surface area contributed by atoms with E-state index >= 15 is 0 Å². The number of fused-ring (bicyclic) bond motifs is 1. The summed E-state index contributed by atoms with van der Waals surface area (Å²) in [5.74, 6) is 0.0802. The first kappa shape index (κ1) is 18.7. The Morgan fingerprint density at radius 3 is 2.63 bits per heavy atom. The van der Waals surface area contributed by atoms with Gasteiger partial charge < -0.3 is 10.2 Å². The summed E-state index contributed by atoms with van der Waals surface area (Å²) in [5, 5.41) is 10.8. The lowest BCUT2D eigenvalue weighted by Gasteiger charge is -2.29. The monoisotopic (exact) mass is 402 g/mol. The van der Waals surface area contributed by atoms with E-state index in [2.05, 4.69) is 49.7 Å². The molecule has 30 heavy (non-hydrogen) atoms. The van der Waals surface area contributed by atoms with E-state index in [-0.39, 0.29) is 5.82 Å². The summed E-state index contributed by atoms with van der Waals surface area (Å²) in [5.41, 5.74) is 5.69. The third kappa shape index (κ3) is 3.31. The van der Waals surface area contributed by atoms with E-state index < -0.39 is 0 Å². The Labute approximate surface area is 174 Å². The van der Waals surface area contributed by atoms with Gasteiger partial charge in [0.05, 0.1) is 11.8 Å². The van der Waals surface area contributed by atoms with Crippen molar-refractivity contribution in [3.8, 4) is 22.6 Å². The van der Waals surface area contributed by atoms with E-state index in [1.54, 1.807) is 12.3 Å². The van der Waals surface area contributed by atoms with E-state index in [0.717, 1.165) is 48.5 Å². The first-order valence-electron chi connectivity index (χ1n) is 10.3. The molecule has 0 amide bonds. The van der Waals surface area contributed by atoms with E-state index in [1.165, 1.54) is 11.8 Å². The highest BCUT2D eigenvalue weighted by atomic mass is 19.1. The Balaban J connectivity index is 1.54. The molecule has 3 heterocycles. The molecule has 5 rings (SSSR count). The summed E-state index contributed by atoms with van der Waals surface area (Å²) >= 11 is 0. The normalized spacial score (nSPS) is 14.4. The second-order valence-electron chi connectivity index (χ2n) is 7.44. The minimum Gasteiger partial charge on any atom is -0.369 e. The van der Waals surface area contributed by atoms with E-state index in [0.29, 0.717) is 23.3 Å². The van der Waals surface area contributed by atoms with Crippen molar-refractivity contribution in [2.75, 3.05) is 31.1 Å². The molecule has 1 saturated heterocycles. The Morgan fingerprint density at radius 2 is 1.87 bits per heavy atom. The number of nitrogens with one attached hydrogen (secondary N) is 2. The minimum absolute atomic E-state index is 0.306. The number of hydrogen-bond donors (Lipinski definition) is 2. The molecule has 1 fully saturated rings. The fourth-order valence-electron chi connectivity index (χ4n) is 4.00. The van der Waals surface area contributed by atoms with Crippen molar-refractivity contribution in [2.45, 2.75) is 13.3 Å². The summed E-state index contributed by atoms with van der Waals surface area (Å²) < 4.78 is 14.6. The Bertz CT molecular complexity index is 1180. The number of hydrogen-bond acceptors (Lipinski definition) is 5. The first-order valence-corrected chi connectivity index (χ1v) is 10.3. The van der Waals surface area contributed by atoms with Crippen molar-refractivity contribution in [2.24, 2.45) is 0 Å². The zero-order valence-corrected chi connectivity index (χ0v) is 16.8. The van der Waals surface area contributed by atoms with Gasteiger partial charge in [-0.2, -0.15) is 5.10 Å². The van der Waals surface area contributed by atoms with Crippen molar-refractivity contribution >= 4 is 16.7 Å². The number of aromatic nitrogens is 4. The summed E-state index contributed by atoms with van der Waals surface area (Å²) in [6.45, 7) is 6.01. The molecule has 0 unspecified atom stereocenters. The molecule has 0 atom stereocenters. The predicted molar refractivity (Wildman–Crippen MR) is 117 cm³/mol. The molecule has 0 saturated carbocycles. The highest BCUT2D eigenvalue weighted by Gasteiger charge is 2.17. The average Bonchev–Trinajstić information content (AvgIpc) is 3.23. The van der Waals surface area contributed by atoms with Crippen LogP contribution in [0.25, 0.3) is 33.7 Å². The summed E-state index contributed by atoms with van der Waals surface area (Å²) in [6, 6.07) is 13.5. The van der Waals surface area contributed by atoms with Gasteiger partial charge in [0, 0.05) is 37.4 Å². The molecule has 6 nitrogen and oxygen atoms in total. The maximum absolute atomic E-state index is 14.6. The fourth-order valence-corrected chi connectivity index (χ4v) is 4.00. The standard InChI is InChI=1S/C23H23FN6/c1-2-15-4-3-5-18(24)20(15)23-26-14-19-22(27-23)21(29-28-19)16-6-8-17(9-7-16)30-12-10-25-11-13-30/h3-9,14,25H,2,10-13H2,1H3,(H,28,29). The van der Waals surface area contributed by atoms with Gasteiger partial charge in [-0.25, -0.2) is 14.4 Å². The lowest BCUT2D eigenvalue weighted by molar-refractivity contribution is 0.589. The summed E-state index contributed by atoms with van der Waals surface area (Å²) in [4.78, 5) is 11.5. The van der Waals surface area contributed by atoms with Crippen molar-refractivity contribution in [3.63, 3.8) is 0 Å². The molecular formula is C23H23FN6. The Kier molecular flexibility index (Phi) is 4.88. The Hall–Kier alpha value is -3.32. The number of benzene rings is 2. The topological polar surface area (TPSA) is 69.7 Å². The highest BCUT2D eigenvalue weighted by molar-refractivity contribution is 5.90. The molecule has 1 aliphatic heterocycles. The molecule has 152 valence electrons. The number of aryl methyl sites for hydroxylation is 1. The molecule has 2 N–H and O–H groups in total. The van der Waals surface area contributed by atoms with Gasteiger partial charge in [0.15, 0.2) is 5.82 Å². The van der Waals surface area contributed by atoms with E-state index in [1.807, 2.05) is 13.0 Å². The van der Waals surface area contributed by atoms with Crippen LogP contribution in [0, 0.1) is 5.82 Å². The maximum Gasteiger partial charge on any atom is 0.163 e. The van der Waals surface area contributed by atoms with Gasteiger partial charge >= 0.3 is 0 Å². The smallest absolute Gasteiger partial charge is 0.163 e. The second kappa shape index (κ2) is 7.84. The highest BCUT2D eigenvalue weighted by Crippen LogP contribution is 2.30. The van der Waals surface area contributed by atoms with Crippen LogP contribution in [0.2, 0.25) is 0 Å². The number of piperazine rings is 1. The van der Waals surface area contributed by atoms with E-state index in [4.69, 9.17) is 4.98 Å². The molecule has 0 spiro atoms. The van der Waals surface area contributed by atoms with Crippen molar-refractivity contribution in [3.05, 3.63) is 60.0 Å². The van der Waals surface area contributed by atoms with Crippen molar-refractivity contribution in [1.29, 1.82) is 0 Å². The molecular weight excluding hydrogens is 379 g/mol. The van der Waals surface area contributed by atoms with Crippen LogP contribution in [-0.4, -0.2) is 46.3 Å². The zero-order chi connectivity index (χ0) is 20.5. The van der Waals surface area contributed by atoms with Gasteiger partial charge in [0.2, 0.25) is 0 Å². The lowest BCUT2D eigenvalue weighted by Crippen LogP contribution is -2.43. The SMILES string of the molecule is CCc1cccc(F)c1-c1ncc2[nH]nc(-c3ccc(N4CCNCC4)cc3)c2n1. The zero-order valence-electron chi connectivity index (χ0n) is 16.8. The van der Waals surface area contributed by atoms with Gasteiger partial charge in [0.1, 0.15) is 22.5 Å². The summed E-state index contributed by atoms with van der Waals surface area (Å²) in [6.07, 6.45) is 2.38. The van der Waals surface area contributed by atoms with Crippen LogP contribution in [0.5, 0.6) is 0 Å². The maximum atomic E-state index is 14.6. The fraction of sp³-hybridized carbons (Fsp3) is 0.261.